The number of ether oxygens (including phenoxy) is 1. The molecule has 2 aromatic carbocycles. The van der Waals surface area contributed by atoms with Gasteiger partial charge in [0.15, 0.2) is 0 Å². The van der Waals surface area contributed by atoms with Gasteiger partial charge >= 0.3 is 6.09 Å². The van der Waals surface area contributed by atoms with E-state index < -0.39 is 35.5 Å². The fraction of sp³-hybridized carbons (Fsp3) is 0.457. The van der Waals surface area contributed by atoms with Crippen molar-refractivity contribution in [2.45, 2.75) is 91.0 Å². The highest BCUT2D eigenvalue weighted by Gasteiger charge is 2.47. The first-order valence-corrected chi connectivity index (χ1v) is 17.1. The summed E-state index contributed by atoms with van der Waals surface area (Å²) in [5.74, 6) is -0.552. The first kappa shape index (κ1) is 35.2. The molecule has 0 bridgehead atoms. The molecule has 0 radical (unpaired) electrons. The smallest absolute Gasteiger partial charge is 0.408 e. The highest BCUT2D eigenvalue weighted by atomic mass is 35.5. The van der Waals surface area contributed by atoms with E-state index in [1.54, 1.807) is 13.0 Å². The standard InChI is InChI=1S/C35H42Cl2N6O5/c1-6-19(3)28(40-34(46)47-18-22-11-9-8-10-12-22)31(44)41-35(33(45)39-29(20(4)7-2)32-43-42-21(5)48-32)14-13-27-25(17-35)24-15-23(36)16-26(37)30(24)38-27/h8-12,15-16,19-20,28-29,38H,6-7,13-14,17-18H2,1-5H3,(H,39,45)(H,40,46)(H,41,44)/t19?,20-,28?,29-,35+/m0/s1. The van der Waals surface area contributed by atoms with E-state index in [0.717, 1.165) is 28.6 Å². The molecule has 0 saturated heterocycles. The predicted octanol–water partition coefficient (Wildman–Crippen LogP) is 6.75. The number of nitrogens with zero attached hydrogens (tertiary/aromatic N) is 2. The van der Waals surface area contributed by atoms with Gasteiger partial charge in [0.1, 0.15) is 24.2 Å². The normalized spacial score (nSPS) is 18.3. The van der Waals surface area contributed by atoms with Gasteiger partial charge < -0.3 is 30.1 Å². The quantitative estimate of drug-likeness (QED) is 0.128. The third-order valence-corrected chi connectivity index (χ3v) is 9.90. The maximum Gasteiger partial charge on any atom is 0.408 e. The number of alkyl carbamates (subject to hydrolysis) is 1. The summed E-state index contributed by atoms with van der Waals surface area (Å²) in [6, 6.07) is 11.2. The largest absolute Gasteiger partial charge is 0.445 e. The first-order chi connectivity index (χ1) is 22.9. The first-order valence-electron chi connectivity index (χ1n) is 16.3. The fourth-order valence-corrected chi connectivity index (χ4v) is 6.68. The number of H-pyrrole nitrogens is 1. The predicted molar refractivity (Wildman–Crippen MR) is 184 cm³/mol. The van der Waals surface area contributed by atoms with Gasteiger partial charge in [-0.3, -0.25) is 9.59 Å². The van der Waals surface area contributed by atoms with Crippen LogP contribution >= 0.6 is 23.2 Å². The molecule has 0 aliphatic heterocycles. The number of nitrogens with one attached hydrogen (secondary N) is 4. The lowest BCUT2D eigenvalue weighted by atomic mass is 9.78. The highest BCUT2D eigenvalue weighted by molar-refractivity contribution is 6.38. The van der Waals surface area contributed by atoms with Crippen molar-refractivity contribution >= 4 is 52.0 Å². The van der Waals surface area contributed by atoms with Crippen LogP contribution < -0.4 is 16.0 Å². The molecule has 4 N–H and O–H groups in total. The molecule has 256 valence electrons. The van der Waals surface area contributed by atoms with Crippen LogP contribution in [0, 0.1) is 18.8 Å². The van der Waals surface area contributed by atoms with Gasteiger partial charge in [-0.25, -0.2) is 4.79 Å². The number of amides is 3. The maximum absolute atomic E-state index is 14.6. The summed E-state index contributed by atoms with van der Waals surface area (Å²) >= 11 is 13.0. The number of benzene rings is 2. The number of hydrogen-bond acceptors (Lipinski definition) is 7. The lowest BCUT2D eigenvalue weighted by Gasteiger charge is -2.39. The van der Waals surface area contributed by atoms with E-state index >= 15 is 0 Å². The fourth-order valence-electron chi connectivity index (χ4n) is 6.14. The molecule has 1 aliphatic rings. The Bertz CT molecular complexity index is 1780. The van der Waals surface area contributed by atoms with Crippen molar-refractivity contribution in [1.29, 1.82) is 0 Å². The summed E-state index contributed by atoms with van der Waals surface area (Å²) < 4.78 is 11.2. The van der Waals surface area contributed by atoms with Crippen LogP contribution in [0.1, 0.15) is 81.6 Å². The Morgan fingerprint density at radius 2 is 1.77 bits per heavy atom. The van der Waals surface area contributed by atoms with Crippen molar-refractivity contribution in [3.8, 4) is 0 Å². The second-order valence-corrected chi connectivity index (χ2v) is 13.5. The van der Waals surface area contributed by atoms with E-state index in [1.807, 2.05) is 64.1 Å². The number of fused-ring (bicyclic) bond motifs is 3. The van der Waals surface area contributed by atoms with Gasteiger partial charge in [-0.2, -0.15) is 0 Å². The van der Waals surface area contributed by atoms with Gasteiger partial charge in [-0.1, -0.05) is 94.1 Å². The Hall–Kier alpha value is -4.09. The molecule has 2 unspecified atom stereocenters. The molecule has 0 fully saturated rings. The molecule has 0 spiro atoms. The van der Waals surface area contributed by atoms with Crippen LogP contribution in [0.2, 0.25) is 10.0 Å². The van der Waals surface area contributed by atoms with Crippen LogP contribution in [0.15, 0.2) is 46.9 Å². The van der Waals surface area contributed by atoms with Crippen molar-refractivity contribution in [2.24, 2.45) is 11.8 Å². The Labute approximate surface area is 289 Å². The van der Waals surface area contributed by atoms with E-state index in [2.05, 4.69) is 31.1 Å². The van der Waals surface area contributed by atoms with Crippen LogP contribution in [-0.2, 0) is 33.8 Å². The molecule has 0 saturated carbocycles. The minimum absolute atomic E-state index is 0.0501. The van der Waals surface area contributed by atoms with Crippen LogP contribution in [0.5, 0.6) is 0 Å². The van der Waals surface area contributed by atoms with Crippen LogP contribution in [0.4, 0.5) is 4.79 Å². The minimum atomic E-state index is -1.41. The Kier molecular flexibility index (Phi) is 11.0. The number of aryl methyl sites for hydroxylation is 2. The number of aromatic amines is 1. The number of hydrogen-bond donors (Lipinski definition) is 4. The zero-order valence-electron chi connectivity index (χ0n) is 27.8. The van der Waals surface area contributed by atoms with E-state index in [-0.39, 0.29) is 31.3 Å². The summed E-state index contributed by atoms with van der Waals surface area (Å²) in [6.07, 6.45) is 1.45. The number of halogens is 2. The average Bonchev–Trinajstić information content (AvgIpc) is 3.67. The second-order valence-electron chi connectivity index (χ2n) is 12.7. The molecular weight excluding hydrogens is 655 g/mol. The van der Waals surface area contributed by atoms with Gasteiger partial charge in [-0.05, 0) is 47.9 Å². The molecule has 5 rings (SSSR count). The lowest BCUT2D eigenvalue weighted by Crippen LogP contribution is -2.65. The minimum Gasteiger partial charge on any atom is -0.445 e. The molecular formula is C35H42Cl2N6O5. The number of rotatable bonds is 12. The van der Waals surface area contributed by atoms with Gasteiger partial charge in [0.05, 0.1) is 10.5 Å². The molecule has 48 heavy (non-hydrogen) atoms. The molecule has 4 aromatic rings. The second kappa shape index (κ2) is 15.0. The van der Waals surface area contributed by atoms with Crippen molar-refractivity contribution in [3.63, 3.8) is 0 Å². The van der Waals surface area contributed by atoms with Crippen LogP contribution in [0.25, 0.3) is 10.9 Å². The van der Waals surface area contributed by atoms with Gasteiger partial charge in [0.25, 0.3) is 0 Å². The summed E-state index contributed by atoms with van der Waals surface area (Å²) in [7, 11) is 0. The third-order valence-electron chi connectivity index (χ3n) is 9.39. The Balaban J connectivity index is 1.47. The van der Waals surface area contributed by atoms with E-state index in [4.69, 9.17) is 32.4 Å². The molecule has 1 aliphatic carbocycles. The van der Waals surface area contributed by atoms with Gasteiger partial charge in [-0.15, -0.1) is 10.2 Å². The van der Waals surface area contributed by atoms with E-state index in [9.17, 15) is 14.4 Å². The van der Waals surface area contributed by atoms with Crippen molar-refractivity contribution in [1.82, 2.24) is 31.1 Å². The SMILES string of the molecule is CCC(C)C(NC(=O)OCc1ccccc1)C(=O)N[C@]1(C(=O)N[C@H](c2nnc(C)o2)[C@@H](C)CC)CCc2[nH]c3c(Cl)cc(Cl)cc3c2C1. The summed E-state index contributed by atoms with van der Waals surface area (Å²) in [5, 5.41) is 18.9. The van der Waals surface area contributed by atoms with Gasteiger partial charge in [0, 0.05) is 29.4 Å². The summed E-state index contributed by atoms with van der Waals surface area (Å²) in [5.41, 5.74) is 1.87. The van der Waals surface area contributed by atoms with E-state index in [1.165, 1.54) is 0 Å². The molecule has 11 nitrogen and oxygen atoms in total. The topological polar surface area (TPSA) is 151 Å². The third kappa shape index (κ3) is 7.63. The van der Waals surface area contributed by atoms with E-state index in [0.29, 0.717) is 40.2 Å². The van der Waals surface area contributed by atoms with Crippen molar-refractivity contribution in [2.75, 3.05) is 0 Å². The number of aromatic nitrogens is 3. The highest BCUT2D eigenvalue weighted by Crippen LogP contribution is 2.39. The van der Waals surface area contributed by atoms with Crippen LogP contribution in [0.3, 0.4) is 0 Å². The summed E-state index contributed by atoms with van der Waals surface area (Å²) in [4.78, 5) is 45.2. The Morgan fingerprint density at radius 1 is 1.04 bits per heavy atom. The van der Waals surface area contributed by atoms with Crippen LogP contribution in [-0.4, -0.2) is 44.7 Å². The number of carbonyl (C=O) groups is 3. The molecule has 5 atom stereocenters. The zero-order chi connectivity index (χ0) is 34.6. The Morgan fingerprint density at radius 3 is 2.44 bits per heavy atom. The average molecular weight is 698 g/mol. The van der Waals surface area contributed by atoms with Crippen molar-refractivity contribution in [3.05, 3.63) is 81.1 Å². The van der Waals surface area contributed by atoms with Crippen molar-refractivity contribution < 1.29 is 23.5 Å². The summed E-state index contributed by atoms with van der Waals surface area (Å²) in [6.45, 7) is 9.54. The van der Waals surface area contributed by atoms with Gasteiger partial charge in [0.2, 0.25) is 23.6 Å². The molecule has 3 amide bonds. The molecule has 13 heteroatoms. The monoisotopic (exact) mass is 696 g/mol. The number of carbonyl (C=O) groups excluding carboxylic acids is 3. The lowest BCUT2D eigenvalue weighted by molar-refractivity contribution is -0.136. The molecule has 2 heterocycles. The zero-order valence-corrected chi connectivity index (χ0v) is 29.3. The molecule has 2 aromatic heterocycles. The maximum atomic E-state index is 14.6.